The smallest absolute Gasteiger partial charge is 0.303 e. The number of nitrogens with zero attached hydrogens (tertiary/aromatic N) is 2. The molecule has 0 aliphatic heterocycles. The second-order valence-corrected chi connectivity index (χ2v) is 8.58. The van der Waals surface area contributed by atoms with Gasteiger partial charge in [0.15, 0.2) is 11.5 Å². The third-order valence-electron chi connectivity index (χ3n) is 5.88. The maximum atomic E-state index is 11.1. The fraction of sp³-hybridized carbons (Fsp3) is 0.233. The van der Waals surface area contributed by atoms with E-state index in [2.05, 4.69) is 10.1 Å². The van der Waals surface area contributed by atoms with E-state index in [1.165, 1.54) is 0 Å². The van der Waals surface area contributed by atoms with Crippen molar-refractivity contribution >= 4 is 11.7 Å². The van der Waals surface area contributed by atoms with Crippen molar-refractivity contribution in [1.29, 1.82) is 0 Å². The number of hydrogen-bond acceptors (Lipinski definition) is 8. The molecule has 4 rings (SSSR count). The summed E-state index contributed by atoms with van der Waals surface area (Å²) in [6, 6.07) is 22.5. The van der Waals surface area contributed by atoms with Gasteiger partial charge in [0.25, 0.3) is 0 Å². The molecular formula is C30H30N2O7. The van der Waals surface area contributed by atoms with Gasteiger partial charge in [-0.2, -0.15) is 0 Å². The molecule has 202 valence electrons. The lowest BCUT2D eigenvalue weighted by Gasteiger charge is -2.15. The van der Waals surface area contributed by atoms with Crippen molar-refractivity contribution in [2.75, 3.05) is 14.2 Å². The Morgan fingerprint density at radius 3 is 2.18 bits per heavy atom. The van der Waals surface area contributed by atoms with Gasteiger partial charge in [0.1, 0.15) is 24.7 Å². The molecule has 0 unspecified atom stereocenters. The number of aryl methyl sites for hydroxylation is 1. The number of methoxy groups -OCH3 is 2. The number of rotatable bonds is 13. The Balaban J connectivity index is 1.48. The van der Waals surface area contributed by atoms with E-state index in [9.17, 15) is 4.79 Å². The second kappa shape index (κ2) is 13.1. The maximum absolute atomic E-state index is 11.1. The molecule has 4 aromatic rings. The summed E-state index contributed by atoms with van der Waals surface area (Å²) in [5.74, 6) is 1.61. The van der Waals surface area contributed by atoms with Gasteiger partial charge in [-0.15, -0.1) is 0 Å². The molecule has 0 bridgehead atoms. The summed E-state index contributed by atoms with van der Waals surface area (Å²) < 4.78 is 23.1. The van der Waals surface area contributed by atoms with Crippen LogP contribution in [0, 0.1) is 6.92 Å². The van der Waals surface area contributed by atoms with E-state index < -0.39 is 5.97 Å². The first-order valence-electron chi connectivity index (χ1n) is 12.3. The monoisotopic (exact) mass is 530 g/mol. The molecule has 1 aromatic heterocycles. The fourth-order valence-electron chi connectivity index (χ4n) is 3.85. The van der Waals surface area contributed by atoms with Crippen LogP contribution in [0.15, 0.2) is 82.4 Å². The van der Waals surface area contributed by atoms with E-state index in [-0.39, 0.29) is 26.1 Å². The topological polar surface area (TPSA) is 113 Å². The molecule has 0 aliphatic carbocycles. The second-order valence-electron chi connectivity index (χ2n) is 8.58. The molecule has 1 heterocycles. The summed E-state index contributed by atoms with van der Waals surface area (Å²) in [6.07, 6.45) is 0.189. The normalized spacial score (nSPS) is 11.2. The summed E-state index contributed by atoms with van der Waals surface area (Å²) in [5, 5.41) is 13.3. The van der Waals surface area contributed by atoms with E-state index in [1.807, 2.05) is 67.6 Å². The Morgan fingerprint density at radius 1 is 0.923 bits per heavy atom. The first-order chi connectivity index (χ1) is 19.0. The highest BCUT2D eigenvalue weighted by Gasteiger charge is 2.18. The number of carboxylic acids is 1. The summed E-state index contributed by atoms with van der Waals surface area (Å²) in [7, 11) is 3.08. The number of hydrogen-bond donors (Lipinski definition) is 1. The first-order valence-corrected chi connectivity index (χ1v) is 12.3. The quantitative estimate of drug-likeness (QED) is 0.165. The number of oxazole rings is 1. The van der Waals surface area contributed by atoms with Crippen LogP contribution >= 0.6 is 0 Å². The molecule has 0 amide bonds. The molecule has 3 aromatic carbocycles. The van der Waals surface area contributed by atoms with Crippen molar-refractivity contribution in [2.45, 2.75) is 33.0 Å². The number of benzene rings is 3. The van der Waals surface area contributed by atoms with Crippen LogP contribution in [-0.4, -0.2) is 36.0 Å². The van der Waals surface area contributed by atoms with Crippen LogP contribution < -0.4 is 14.2 Å². The molecule has 0 radical (unpaired) electrons. The van der Waals surface area contributed by atoms with Crippen LogP contribution in [-0.2, 0) is 22.8 Å². The van der Waals surface area contributed by atoms with Crippen molar-refractivity contribution in [1.82, 2.24) is 4.98 Å². The predicted octanol–water partition coefficient (Wildman–Crippen LogP) is 6.03. The Hall–Kier alpha value is -4.79. The predicted molar refractivity (Wildman–Crippen MR) is 145 cm³/mol. The first kappa shape index (κ1) is 27.3. The van der Waals surface area contributed by atoms with Gasteiger partial charge in [0, 0.05) is 12.0 Å². The largest absolute Gasteiger partial charge is 0.493 e. The highest BCUT2D eigenvalue weighted by molar-refractivity contribution is 6.01. The minimum atomic E-state index is -0.902. The van der Waals surface area contributed by atoms with Gasteiger partial charge >= 0.3 is 5.97 Å². The Kier molecular flexibility index (Phi) is 9.18. The summed E-state index contributed by atoms with van der Waals surface area (Å²) in [6.45, 7) is 2.10. The Labute approximate surface area is 226 Å². The minimum absolute atomic E-state index is 0.0530. The SMILES string of the molecule is COc1cc(CO/N=C(/CCC(=O)O)c2ccccc2)cc(OC)c1OCc1nc(-c2ccccc2)oc1C. The molecule has 0 saturated carbocycles. The summed E-state index contributed by atoms with van der Waals surface area (Å²) in [4.78, 5) is 21.3. The van der Waals surface area contributed by atoms with Crippen molar-refractivity contribution in [3.63, 3.8) is 0 Å². The highest BCUT2D eigenvalue weighted by atomic mass is 16.6. The molecule has 9 heteroatoms. The van der Waals surface area contributed by atoms with Gasteiger partial charge in [-0.05, 0) is 42.3 Å². The van der Waals surface area contributed by atoms with Crippen LogP contribution in [0.1, 0.15) is 35.4 Å². The molecule has 1 N–H and O–H groups in total. The molecule has 0 fully saturated rings. The maximum Gasteiger partial charge on any atom is 0.303 e. The molecule has 0 saturated heterocycles. The molecule has 0 spiro atoms. The van der Waals surface area contributed by atoms with Crippen molar-refractivity contribution in [3.8, 4) is 28.7 Å². The van der Waals surface area contributed by atoms with Gasteiger partial charge in [-0.25, -0.2) is 4.98 Å². The molecule has 0 atom stereocenters. The van der Waals surface area contributed by atoms with Gasteiger partial charge in [-0.3, -0.25) is 4.79 Å². The summed E-state index contributed by atoms with van der Waals surface area (Å²) >= 11 is 0. The van der Waals surface area contributed by atoms with Crippen molar-refractivity contribution in [3.05, 3.63) is 95.4 Å². The van der Waals surface area contributed by atoms with Crippen LogP contribution in [0.25, 0.3) is 11.5 Å². The number of carbonyl (C=O) groups is 1. The Bertz CT molecular complexity index is 1390. The number of oxime groups is 1. The van der Waals surface area contributed by atoms with E-state index in [1.54, 1.807) is 26.4 Å². The minimum Gasteiger partial charge on any atom is -0.493 e. The highest BCUT2D eigenvalue weighted by Crippen LogP contribution is 2.39. The van der Waals surface area contributed by atoms with E-state index in [0.29, 0.717) is 40.3 Å². The van der Waals surface area contributed by atoms with E-state index >= 15 is 0 Å². The van der Waals surface area contributed by atoms with Gasteiger partial charge in [0.2, 0.25) is 11.6 Å². The number of aromatic nitrogens is 1. The van der Waals surface area contributed by atoms with Crippen LogP contribution in [0.5, 0.6) is 17.2 Å². The third-order valence-corrected chi connectivity index (χ3v) is 5.88. The van der Waals surface area contributed by atoms with Crippen molar-refractivity contribution < 1.29 is 33.4 Å². The lowest BCUT2D eigenvalue weighted by Crippen LogP contribution is -2.06. The lowest BCUT2D eigenvalue weighted by molar-refractivity contribution is -0.136. The summed E-state index contributed by atoms with van der Waals surface area (Å²) in [5.41, 5.74) is 3.63. The average Bonchev–Trinajstić information content (AvgIpc) is 3.34. The van der Waals surface area contributed by atoms with E-state index in [0.717, 1.165) is 16.7 Å². The third kappa shape index (κ3) is 7.16. The molecule has 0 aliphatic rings. The zero-order chi connectivity index (χ0) is 27.6. The van der Waals surface area contributed by atoms with Gasteiger partial charge in [0.05, 0.1) is 26.4 Å². The van der Waals surface area contributed by atoms with Crippen LogP contribution in [0.3, 0.4) is 0 Å². The Morgan fingerprint density at radius 2 is 1.56 bits per heavy atom. The standard InChI is InChI=1S/C30H30N2O7/c1-20-25(31-30(39-20)23-12-8-5-9-13-23)19-37-29-26(35-2)16-21(17-27(29)36-3)18-38-32-24(14-15-28(33)34)22-10-6-4-7-11-22/h4-13,16-17H,14-15,18-19H2,1-3H3,(H,33,34)/b32-24-. The van der Waals surface area contributed by atoms with Gasteiger partial charge < -0.3 is 28.6 Å². The fourth-order valence-corrected chi connectivity index (χ4v) is 3.85. The van der Waals surface area contributed by atoms with E-state index in [4.69, 9.17) is 28.6 Å². The van der Waals surface area contributed by atoms with Crippen LogP contribution in [0.2, 0.25) is 0 Å². The molecular weight excluding hydrogens is 500 g/mol. The number of ether oxygens (including phenoxy) is 3. The zero-order valence-electron chi connectivity index (χ0n) is 22.0. The molecule has 9 nitrogen and oxygen atoms in total. The van der Waals surface area contributed by atoms with Gasteiger partial charge in [-0.1, -0.05) is 53.7 Å². The number of carboxylic acid groups (broad SMARTS) is 1. The van der Waals surface area contributed by atoms with Crippen LogP contribution in [0.4, 0.5) is 0 Å². The van der Waals surface area contributed by atoms with Crippen molar-refractivity contribution in [2.24, 2.45) is 5.16 Å². The zero-order valence-corrected chi connectivity index (χ0v) is 22.0. The molecule has 39 heavy (non-hydrogen) atoms. The lowest BCUT2D eigenvalue weighted by atomic mass is 10.1. The number of aliphatic carboxylic acids is 1. The average molecular weight is 531 g/mol.